The van der Waals surface area contributed by atoms with Crippen LogP contribution in [-0.2, 0) is 27.3 Å². The number of morpholine rings is 1. The molecule has 1 aromatic heterocycles. The van der Waals surface area contributed by atoms with Gasteiger partial charge in [0.1, 0.15) is 0 Å². The zero-order chi connectivity index (χ0) is 19.3. The molecule has 1 fully saturated rings. The largest absolute Gasteiger partial charge is 0.379 e. The predicted molar refractivity (Wildman–Crippen MR) is 104 cm³/mol. The number of hydrogen-bond acceptors (Lipinski definition) is 5. The molecule has 1 atom stereocenters. The third kappa shape index (κ3) is 4.40. The van der Waals surface area contributed by atoms with Crippen molar-refractivity contribution in [3.05, 3.63) is 47.8 Å². The van der Waals surface area contributed by atoms with E-state index < -0.39 is 11.8 Å². The van der Waals surface area contributed by atoms with E-state index in [1.807, 2.05) is 18.2 Å². The molecule has 1 unspecified atom stereocenters. The zero-order valence-corrected chi connectivity index (χ0v) is 15.8. The van der Waals surface area contributed by atoms with Crippen molar-refractivity contribution in [1.82, 2.24) is 20.0 Å². The Kier molecular flexibility index (Phi) is 5.68. The van der Waals surface area contributed by atoms with Crippen molar-refractivity contribution in [3.63, 3.8) is 0 Å². The van der Waals surface area contributed by atoms with Crippen LogP contribution in [0.1, 0.15) is 23.6 Å². The monoisotopic (exact) mass is 383 g/mol. The molecule has 2 amide bonds. The summed E-state index contributed by atoms with van der Waals surface area (Å²) in [5.74, 6) is -1.29. The highest BCUT2D eigenvalue weighted by molar-refractivity contribution is 6.39. The fourth-order valence-corrected chi connectivity index (χ4v) is 3.74. The van der Waals surface area contributed by atoms with E-state index >= 15 is 0 Å². The summed E-state index contributed by atoms with van der Waals surface area (Å²) in [6.07, 6.45) is 5.04. The number of aryl methyl sites for hydroxylation is 1. The maximum absolute atomic E-state index is 12.3. The fourth-order valence-electron chi connectivity index (χ4n) is 3.74. The van der Waals surface area contributed by atoms with Crippen LogP contribution in [0.3, 0.4) is 0 Å². The topological polar surface area (TPSA) is 88.5 Å². The minimum Gasteiger partial charge on any atom is -0.379 e. The lowest BCUT2D eigenvalue weighted by Crippen LogP contribution is -2.38. The number of hydrogen-bond donors (Lipinski definition) is 2. The lowest BCUT2D eigenvalue weighted by molar-refractivity contribution is -0.136. The molecule has 28 heavy (non-hydrogen) atoms. The maximum atomic E-state index is 12.3. The summed E-state index contributed by atoms with van der Waals surface area (Å²) >= 11 is 0. The van der Waals surface area contributed by atoms with Crippen molar-refractivity contribution < 1.29 is 14.3 Å². The van der Waals surface area contributed by atoms with Gasteiger partial charge < -0.3 is 15.4 Å². The number of amides is 2. The van der Waals surface area contributed by atoms with Crippen LogP contribution < -0.4 is 10.6 Å². The summed E-state index contributed by atoms with van der Waals surface area (Å²) in [5, 5.41) is 9.72. The lowest BCUT2D eigenvalue weighted by Gasteiger charge is -2.26. The van der Waals surface area contributed by atoms with E-state index in [0.29, 0.717) is 5.69 Å². The van der Waals surface area contributed by atoms with E-state index in [-0.39, 0.29) is 6.04 Å². The van der Waals surface area contributed by atoms with Gasteiger partial charge in [0, 0.05) is 25.8 Å². The first-order valence-electron chi connectivity index (χ1n) is 9.71. The van der Waals surface area contributed by atoms with Gasteiger partial charge in [0.05, 0.1) is 37.7 Å². The van der Waals surface area contributed by atoms with Gasteiger partial charge in [0.2, 0.25) is 0 Å². The molecule has 0 radical (unpaired) electrons. The summed E-state index contributed by atoms with van der Waals surface area (Å²) in [5.41, 5.74) is 2.85. The van der Waals surface area contributed by atoms with E-state index in [1.54, 1.807) is 17.1 Å². The summed E-state index contributed by atoms with van der Waals surface area (Å²) in [6, 6.07) is 7.91. The van der Waals surface area contributed by atoms with Crippen molar-refractivity contribution in [2.24, 2.45) is 0 Å². The van der Waals surface area contributed by atoms with E-state index in [9.17, 15) is 9.59 Å². The van der Waals surface area contributed by atoms with Crippen molar-refractivity contribution in [2.45, 2.75) is 25.4 Å². The first-order valence-corrected chi connectivity index (χ1v) is 9.71. The number of anilines is 1. The Balaban J connectivity index is 1.26. The van der Waals surface area contributed by atoms with Crippen molar-refractivity contribution in [2.75, 3.05) is 38.2 Å². The van der Waals surface area contributed by atoms with Crippen LogP contribution in [0.15, 0.2) is 36.7 Å². The van der Waals surface area contributed by atoms with Crippen LogP contribution in [-0.4, -0.2) is 59.3 Å². The molecular formula is C20H25N5O3. The molecule has 2 aromatic rings. The second-order valence-electron chi connectivity index (χ2n) is 7.16. The molecule has 1 aliphatic carbocycles. The average molecular weight is 383 g/mol. The minimum atomic E-state index is -0.669. The van der Waals surface area contributed by atoms with E-state index in [4.69, 9.17) is 4.74 Å². The summed E-state index contributed by atoms with van der Waals surface area (Å²) < 4.78 is 7.11. The van der Waals surface area contributed by atoms with Crippen LogP contribution in [0.25, 0.3) is 0 Å². The van der Waals surface area contributed by atoms with Crippen molar-refractivity contribution in [3.8, 4) is 0 Å². The van der Waals surface area contributed by atoms with E-state index in [0.717, 1.165) is 57.8 Å². The third-order valence-corrected chi connectivity index (χ3v) is 5.28. The predicted octanol–water partition coefficient (Wildman–Crippen LogP) is 0.958. The first kappa shape index (κ1) is 18.6. The Morgan fingerprint density at radius 3 is 2.82 bits per heavy atom. The molecule has 8 heteroatoms. The van der Waals surface area contributed by atoms with E-state index in [1.165, 1.54) is 5.56 Å². The number of rotatable bonds is 5. The highest BCUT2D eigenvalue weighted by Gasteiger charge is 2.26. The Hall–Kier alpha value is -2.71. The van der Waals surface area contributed by atoms with Crippen LogP contribution >= 0.6 is 0 Å². The van der Waals surface area contributed by atoms with Gasteiger partial charge in [-0.05, 0) is 24.0 Å². The Morgan fingerprint density at radius 2 is 1.96 bits per heavy atom. The molecule has 8 nitrogen and oxygen atoms in total. The molecule has 2 heterocycles. The van der Waals surface area contributed by atoms with Gasteiger partial charge in [-0.25, -0.2) is 0 Å². The van der Waals surface area contributed by atoms with Crippen molar-refractivity contribution in [1.29, 1.82) is 0 Å². The van der Waals surface area contributed by atoms with Gasteiger partial charge in [0.15, 0.2) is 0 Å². The standard InChI is InChI=1S/C20H25N5O3/c26-19(20(27)23-18-6-5-15-3-1-2-4-17(15)18)22-16-13-21-25(14-16)8-7-24-9-11-28-12-10-24/h1-4,13-14,18H,5-12H2,(H,22,26)(H,23,27). The maximum Gasteiger partial charge on any atom is 0.313 e. The van der Waals surface area contributed by atoms with Gasteiger partial charge in [-0.1, -0.05) is 24.3 Å². The molecule has 1 aliphatic heterocycles. The Labute approximate surface area is 163 Å². The number of nitrogens with zero attached hydrogens (tertiary/aromatic N) is 3. The number of aromatic nitrogens is 2. The molecule has 0 spiro atoms. The van der Waals surface area contributed by atoms with E-state index in [2.05, 4.69) is 26.7 Å². The van der Waals surface area contributed by atoms with Gasteiger partial charge in [0.25, 0.3) is 0 Å². The molecular weight excluding hydrogens is 358 g/mol. The highest BCUT2D eigenvalue weighted by atomic mass is 16.5. The minimum absolute atomic E-state index is 0.106. The van der Waals surface area contributed by atoms with Crippen LogP contribution in [0.4, 0.5) is 5.69 Å². The third-order valence-electron chi connectivity index (χ3n) is 5.28. The van der Waals surface area contributed by atoms with Gasteiger partial charge in [-0.3, -0.25) is 19.2 Å². The van der Waals surface area contributed by atoms with Crippen LogP contribution in [0.2, 0.25) is 0 Å². The molecule has 4 rings (SSSR count). The second-order valence-corrected chi connectivity index (χ2v) is 7.16. The summed E-state index contributed by atoms with van der Waals surface area (Å²) in [7, 11) is 0. The number of carbonyl (C=O) groups excluding carboxylic acids is 2. The number of ether oxygens (including phenoxy) is 1. The SMILES string of the molecule is O=C(Nc1cnn(CCN2CCOCC2)c1)C(=O)NC1CCc2ccccc21. The summed E-state index contributed by atoms with van der Waals surface area (Å²) in [6.45, 7) is 4.98. The van der Waals surface area contributed by atoms with Crippen molar-refractivity contribution >= 4 is 17.5 Å². The number of fused-ring (bicyclic) bond motifs is 1. The Bertz CT molecular complexity index is 844. The normalized spacial score (nSPS) is 19.2. The fraction of sp³-hybridized carbons (Fsp3) is 0.450. The number of nitrogens with one attached hydrogen (secondary N) is 2. The average Bonchev–Trinajstić information content (AvgIpc) is 3.34. The highest BCUT2D eigenvalue weighted by Crippen LogP contribution is 2.30. The quantitative estimate of drug-likeness (QED) is 0.751. The summed E-state index contributed by atoms with van der Waals surface area (Å²) in [4.78, 5) is 26.8. The molecule has 2 aliphatic rings. The molecule has 0 bridgehead atoms. The van der Waals surface area contributed by atoms with Gasteiger partial charge in [-0.2, -0.15) is 5.10 Å². The second kappa shape index (κ2) is 8.53. The Morgan fingerprint density at radius 1 is 1.14 bits per heavy atom. The first-order chi connectivity index (χ1) is 13.7. The van der Waals surface area contributed by atoms with Crippen LogP contribution in [0, 0.1) is 0 Å². The molecule has 2 N–H and O–H groups in total. The van der Waals surface area contributed by atoms with Crippen LogP contribution in [0.5, 0.6) is 0 Å². The molecule has 1 saturated heterocycles. The molecule has 1 aromatic carbocycles. The smallest absolute Gasteiger partial charge is 0.313 e. The lowest BCUT2D eigenvalue weighted by atomic mass is 10.1. The van der Waals surface area contributed by atoms with Gasteiger partial charge >= 0.3 is 11.8 Å². The molecule has 148 valence electrons. The molecule has 0 saturated carbocycles. The van der Waals surface area contributed by atoms with Gasteiger partial charge in [-0.15, -0.1) is 0 Å². The number of carbonyl (C=O) groups is 2. The zero-order valence-electron chi connectivity index (χ0n) is 15.8. The number of benzene rings is 1.